The molecule has 0 aliphatic rings. The highest BCUT2D eigenvalue weighted by Crippen LogP contribution is 2.19. The van der Waals surface area contributed by atoms with Gasteiger partial charge < -0.3 is 10.7 Å². The lowest BCUT2D eigenvalue weighted by molar-refractivity contribution is 0.1000. The number of nitrogens with one attached hydrogen (secondary N) is 3. The highest BCUT2D eigenvalue weighted by molar-refractivity contribution is 6.20. The minimum absolute atomic E-state index is 0. The average molecular weight is 370 g/mol. The molecule has 0 radical (unpaired) electrons. The van der Waals surface area contributed by atoms with Gasteiger partial charge in [-0.15, -0.1) is 24.8 Å². The standard InChI is InChI=1S/C14H15N7O.2ClH/c1-2-9-8(7-17-20-9)12(22)21(13(15)16)14-18-10-5-3-4-6-11(10)19-14;;/h3-7H,2H2,1H3,(H3,15,16)(H,17,20)(H,18,19);2*1H. The molecule has 2 heterocycles. The summed E-state index contributed by atoms with van der Waals surface area (Å²) in [5, 5.41) is 14.4. The van der Waals surface area contributed by atoms with Crippen molar-refractivity contribution in [3.63, 3.8) is 0 Å². The van der Waals surface area contributed by atoms with Crippen molar-refractivity contribution in [3.8, 4) is 0 Å². The number of benzene rings is 1. The quantitative estimate of drug-likeness (QED) is 0.416. The number of fused-ring (bicyclic) bond motifs is 1. The van der Waals surface area contributed by atoms with Crippen LogP contribution in [0.1, 0.15) is 23.0 Å². The summed E-state index contributed by atoms with van der Waals surface area (Å²) < 4.78 is 0. The monoisotopic (exact) mass is 369 g/mol. The number of para-hydroxylation sites is 2. The number of rotatable bonds is 3. The summed E-state index contributed by atoms with van der Waals surface area (Å²) in [7, 11) is 0. The van der Waals surface area contributed by atoms with Crippen LogP contribution in [-0.4, -0.2) is 32.0 Å². The number of amides is 1. The van der Waals surface area contributed by atoms with Gasteiger partial charge in [-0.1, -0.05) is 19.1 Å². The molecule has 0 saturated carbocycles. The molecule has 0 unspecified atom stereocenters. The van der Waals surface area contributed by atoms with Crippen LogP contribution in [0.25, 0.3) is 11.0 Å². The average Bonchev–Trinajstić information content (AvgIpc) is 3.12. The minimum Gasteiger partial charge on any atom is -0.369 e. The Bertz CT molecular complexity index is 825. The first-order valence-corrected chi connectivity index (χ1v) is 6.77. The van der Waals surface area contributed by atoms with Gasteiger partial charge in [0, 0.05) is 5.69 Å². The summed E-state index contributed by atoms with van der Waals surface area (Å²) in [5.41, 5.74) is 8.10. The third-order valence-corrected chi connectivity index (χ3v) is 3.33. The fourth-order valence-electron chi connectivity index (χ4n) is 2.25. The zero-order valence-corrected chi connectivity index (χ0v) is 14.4. The summed E-state index contributed by atoms with van der Waals surface area (Å²) >= 11 is 0. The lowest BCUT2D eigenvalue weighted by Gasteiger charge is -2.17. The summed E-state index contributed by atoms with van der Waals surface area (Å²) in [4.78, 5) is 21.0. The molecule has 24 heavy (non-hydrogen) atoms. The van der Waals surface area contributed by atoms with Crippen LogP contribution in [0.5, 0.6) is 0 Å². The van der Waals surface area contributed by atoms with E-state index in [2.05, 4.69) is 20.2 Å². The van der Waals surface area contributed by atoms with Crippen LogP contribution < -0.4 is 10.6 Å². The van der Waals surface area contributed by atoms with Crippen molar-refractivity contribution in [2.45, 2.75) is 13.3 Å². The third-order valence-electron chi connectivity index (χ3n) is 3.33. The molecule has 2 aromatic heterocycles. The van der Waals surface area contributed by atoms with E-state index in [4.69, 9.17) is 11.1 Å². The molecule has 10 heteroatoms. The van der Waals surface area contributed by atoms with Crippen molar-refractivity contribution in [2.24, 2.45) is 5.73 Å². The number of halogens is 2. The van der Waals surface area contributed by atoms with Crippen molar-refractivity contribution in [3.05, 3.63) is 41.7 Å². The van der Waals surface area contributed by atoms with E-state index in [1.807, 2.05) is 31.2 Å². The SMILES string of the molecule is CCc1[nH]ncc1C(=O)N(C(=N)N)c1nc2ccccc2[nH]1.Cl.Cl. The molecule has 0 atom stereocenters. The van der Waals surface area contributed by atoms with Gasteiger partial charge in [0.1, 0.15) is 0 Å². The molecule has 0 bridgehead atoms. The summed E-state index contributed by atoms with van der Waals surface area (Å²) in [6, 6.07) is 7.35. The predicted octanol–water partition coefficient (Wildman–Crippen LogP) is 2.23. The second-order valence-corrected chi connectivity index (χ2v) is 4.72. The molecule has 0 saturated heterocycles. The predicted molar refractivity (Wildman–Crippen MR) is 97.3 cm³/mol. The lowest BCUT2D eigenvalue weighted by atomic mass is 10.2. The van der Waals surface area contributed by atoms with E-state index in [1.165, 1.54) is 6.20 Å². The van der Waals surface area contributed by atoms with Gasteiger partial charge in [0.05, 0.1) is 22.8 Å². The molecule has 0 aliphatic heterocycles. The fourth-order valence-corrected chi connectivity index (χ4v) is 2.25. The van der Waals surface area contributed by atoms with Gasteiger partial charge in [0.25, 0.3) is 5.91 Å². The van der Waals surface area contributed by atoms with Gasteiger partial charge in [-0.3, -0.25) is 15.3 Å². The number of H-pyrrole nitrogens is 2. The Labute approximate surface area is 150 Å². The van der Waals surface area contributed by atoms with Crippen LogP contribution in [0.15, 0.2) is 30.5 Å². The highest BCUT2D eigenvalue weighted by Gasteiger charge is 2.26. The van der Waals surface area contributed by atoms with Gasteiger partial charge in [-0.05, 0) is 18.6 Å². The van der Waals surface area contributed by atoms with Crippen molar-refractivity contribution in [2.75, 3.05) is 4.90 Å². The number of anilines is 1. The largest absolute Gasteiger partial charge is 0.369 e. The fraction of sp³-hybridized carbons (Fsp3) is 0.143. The molecule has 128 valence electrons. The Hall–Kier alpha value is -2.58. The van der Waals surface area contributed by atoms with Gasteiger partial charge >= 0.3 is 0 Å². The molecule has 0 fully saturated rings. The van der Waals surface area contributed by atoms with E-state index in [0.29, 0.717) is 23.2 Å². The van der Waals surface area contributed by atoms with E-state index in [9.17, 15) is 4.79 Å². The smallest absolute Gasteiger partial charge is 0.271 e. The number of carbonyl (C=O) groups excluding carboxylic acids is 1. The first-order chi connectivity index (χ1) is 10.6. The number of carbonyl (C=O) groups is 1. The summed E-state index contributed by atoms with van der Waals surface area (Å²) in [6.45, 7) is 1.91. The molecule has 5 N–H and O–H groups in total. The summed E-state index contributed by atoms with van der Waals surface area (Å²) in [5.74, 6) is -0.647. The first kappa shape index (κ1) is 19.5. The second-order valence-electron chi connectivity index (χ2n) is 4.72. The number of nitrogens with zero attached hydrogens (tertiary/aromatic N) is 3. The third kappa shape index (κ3) is 3.34. The Morgan fingerprint density at radius 1 is 1.33 bits per heavy atom. The number of hydrogen-bond donors (Lipinski definition) is 4. The molecule has 3 rings (SSSR count). The zero-order chi connectivity index (χ0) is 15.7. The number of imidazole rings is 1. The molecule has 1 aromatic carbocycles. The first-order valence-electron chi connectivity index (χ1n) is 6.77. The molecule has 0 aliphatic carbocycles. The molecular formula is C14H17Cl2N7O. The second kappa shape index (κ2) is 7.80. The number of aryl methyl sites for hydroxylation is 1. The van der Waals surface area contributed by atoms with Crippen molar-refractivity contribution < 1.29 is 4.79 Å². The topological polar surface area (TPSA) is 128 Å². The van der Waals surface area contributed by atoms with Crippen molar-refractivity contribution >= 4 is 53.7 Å². The van der Waals surface area contributed by atoms with Crippen LogP contribution in [0, 0.1) is 5.41 Å². The van der Waals surface area contributed by atoms with Crippen LogP contribution >= 0.6 is 24.8 Å². The molecule has 1 amide bonds. The van der Waals surface area contributed by atoms with Crippen LogP contribution in [0.4, 0.5) is 5.95 Å². The Kier molecular flexibility index (Phi) is 6.33. The molecular weight excluding hydrogens is 353 g/mol. The van der Waals surface area contributed by atoms with Crippen LogP contribution in [-0.2, 0) is 6.42 Å². The van der Waals surface area contributed by atoms with Crippen LogP contribution in [0.2, 0.25) is 0 Å². The van der Waals surface area contributed by atoms with Gasteiger partial charge in [-0.25, -0.2) is 9.88 Å². The van der Waals surface area contributed by atoms with Gasteiger partial charge in [-0.2, -0.15) is 5.10 Å². The normalized spacial score (nSPS) is 9.88. The Balaban J connectivity index is 0.00000144. The lowest BCUT2D eigenvalue weighted by Crippen LogP contribution is -2.42. The minimum atomic E-state index is -0.447. The van der Waals surface area contributed by atoms with E-state index in [0.717, 1.165) is 10.4 Å². The van der Waals surface area contributed by atoms with Gasteiger partial charge in [0.15, 0.2) is 0 Å². The summed E-state index contributed by atoms with van der Waals surface area (Å²) in [6.07, 6.45) is 2.05. The number of aromatic nitrogens is 4. The van der Waals surface area contributed by atoms with E-state index in [-0.39, 0.29) is 30.8 Å². The molecule has 3 aromatic rings. The van der Waals surface area contributed by atoms with Crippen LogP contribution in [0.3, 0.4) is 0 Å². The number of hydrogen-bond acceptors (Lipinski definition) is 4. The maximum Gasteiger partial charge on any atom is 0.271 e. The van der Waals surface area contributed by atoms with E-state index < -0.39 is 11.9 Å². The number of aromatic amines is 2. The molecule has 8 nitrogen and oxygen atoms in total. The maximum atomic E-state index is 12.7. The Morgan fingerprint density at radius 3 is 2.67 bits per heavy atom. The zero-order valence-electron chi connectivity index (χ0n) is 12.7. The molecule has 0 spiro atoms. The van der Waals surface area contributed by atoms with E-state index in [1.54, 1.807) is 0 Å². The number of guanidine groups is 1. The maximum absolute atomic E-state index is 12.7. The Morgan fingerprint density at radius 2 is 2.04 bits per heavy atom. The van der Waals surface area contributed by atoms with E-state index >= 15 is 0 Å². The number of nitrogens with two attached hydrogens (primary N) is 1. The van der Waals surface area contributed by atoms with Crippen molar-refractivity contribution in [1.29, 1.82) is 5.41 Å². The van der Waals surface area contributed by atoms with Crippen molar-refractivity contribution in [1.82, 2.24) is 20.2 Å². The highest BCUT2D eigenvalue weighted by atomic mass is 35.5. The van der Waals surface area contributed by atoms with Gasteiger partial charge in [0.2, 0.25) is 11.9 Å².